The zero-order valence-corrected chi connectivity index (χ0v) is 13.1. The molecule has 0 radical (unpaired) electrons. The summed E-state index contributed by atoms with van der Waals surface area (Å²) in [5.74, 6) is 0.299. The van der Waals surface area contributed by atoms with E-state index in [0.717, 1.165) is 26.2 Å². The lowest BCUT2D eigenvalue weighted by Gasteiger charge is -2.32. The first-order chi connectivity index (χ1) is 11.1. The molecular weight excluding hydrogens is 298 g/mol. The quantitative estimate of drug-likeness (QED) is 0.866. The van der Waals surface area contributed by atoms with Crippen LogP contribution < -0.4 is 5.32 Å². The van der Waals surface area contributed by atoms with Gasteiger partial charge in [0.2, 0.25) is 5.95 Å². The average molecular weight is 317 g/mol. The Morgan fingerprint density at radius 1 is 1.26 bits per heavy atom. The molecule has 2 aromatic rings. The van der Waals surface area contributed by atoms with Crippen molar-refractivity contribution in [1.29, 1.82) is 0 Å². The third-order valence-electron chi connectivity index (χ3n) is 3.93. The van der Waals surface area contributed by atoms with Crippen molar-refractivity contribution >= 4 is 29.0 Å². The zero-order valence-electron chi connectivity index (χ0n) is 13.1. The Hall–Kier alpha value is -2.61. The maximum atomic E-state index is 12.6. The van der Waals surface area contributed by atoms with E-state index in [1.54, 1.807) is 18.2 Å². The van der Waals surface area contributed by atoms with Gasteiger partial charge in [-0.1, -0.05) is 0 Å². The molecule has 1 fully saturated rings. The number of rotatable bonds is 2. The molecule has 2 amide bonds. The van der Waals surface area contributed by atoms with Crippen LogP contribution in [0.3, 0.4) is 0 Å². The number of H-pyrrole nitrogens is 1. The molecule has 122 valence electrons. The summed E-state index contributed by atoms with van der Waals surface area (Å²) >= 11 is 0. The largest absolute Gasteiger partial charge is 0.453 e. The Morgan fingerprint density at radius 2 is 2.00 bits per heavy atom. The summed E-state index contributed by atoms with van der Waals surface area (Å²) in [5.41, 5.74) is 1.97. The first kappa shape index (κ1) is 15.3. The fourth-order valence-corrected chi connectivity index (χ4v) is 2.54. The number of aromatic nitrogens is 2. The van der Waals surface area contributed by atoms with E-state index < -0.39 is 6.09 Å². The summed E-state index contributed by atoms with van der Waals surface area (Å²) in [6.45, 7) is 3.22. The van der Waals surface area contributed by atoms with Crippen molar-refractivity contribution in [3.05, 3.63) is 23.8 Å². The molecular formula is C15H19N5O3. The van der Waals surface area contributed by atoms with Crippen LogP contribution in [0.25, 0.3) is 11.0 Å². The summed E-state index contributed by atoms with van der Waals surface area (Å²) in [5, 5.41) is 2.47. The standard InChI is InChI=1S/C15H19N5O3/c1-19-5-7-20(8-6-19)13(21)10-3-4-11-12(9-10)17-14(16-11)18-15(22)23-2/h3-4,9H,5-8H2,1-2H3,(H2,16,17,18,22). The maximum absolute atomic E-state index is 12.6. The molecule has 0 bridgehead atoms. The van der Waals surface area contributed by atoms with Crippen molar-refractivity contribution in [3.63, 3.8) is 0 Å². The van der Waals surface area contributed by atoms with Gasteiger partial charge in [0.15, 0.2) is 0 Å². The summed E-state index contributed by atoms with van der Waals surface area (Å²) in [7, 11) is 3.33. The van der Waals surface area contributed by atoms with Crippen molar-refractivity contribution in [2.24, 2.45) is 0 Å². The number of ether oxygens (including phenoxy) is 1. The summed E-state index contributed by atoms with van der Waals surface area (Å²) in [6, 6.07) is 5.27. The highest BCUT2D eigenvalue weighted by molar-refractivity contribution is 5.98. The molecule has 1 aromatic heterocycles. The predicted molar refractivity (Wildman–Crippen MR) is 85.5 cm³/mol. The van der Waals surface area contributed by atoms with E-state index in [4.69, 9.17) is 0 Å². The van der Waals surface area contributed by atoms with Gasteiger partial charge in [-0.05, 0) is 25.2 Å². The lowest BCUT2D eigenvalue weighted by Crippen LogP contribution is -2.47. The van der Waals surface area contributed by atoms with Crippen LogP contribution in [0.2, 0.25) is 0 Å². The molecule has 0 unspecified atom stereocenters. The number of methoxy groups -OCH3 is 1. The number of benzene rings is 1. The van der Waals surface area contributed by atoms with Gasteiger partial charge in [0.25, 0.3) is 5.91 Å². The molecule has 0 spiro atoms. The van der Waals surface area contributed by atoms with Crippen LogP contribution in [0.4, 0.5) is 10.7 Å². The summed E-state index contributed by atoms with van der Waals surface area (Å²) in [6.07, 6.45) is -0.599. The Kier molecular flexibility index (Phi) is 4.16. The van der Waals surface area contributed by atoms with Gasteiger partial charge in [-0.2, -0.15) is 0 Å². The average Bonchev–Trinajstić information content (AvgIpc) is 2.96. The molecule has 2 N–H and O–H groups in total. The molecule has 1 aliphatic rings. The van der Waals surface area contributed by atoms with Gasteiger partial charge in [-0.3, -0.25) is 10.1 Å². The molecule has 0 aliphatic carbocycles. The smallest absolute Gasteiger partial charge is 0.413 e. The predicted octanol–water partition coefficient (Wildman–Crippen LogP) is 1.13. The number of fused-ring (bicyclic) bond motifs is 1. The molecule has 23 heavy (non-hydrogen) atoms. The minimum absolute atomic E-state index is 0.0112. The van der Waals surface area contributed by atoms with E-state index in [-0.39, 0.29) is 11.9 Å². The maximum Gasteiger partial charge on any atom is 0.413 e. The highest BCUT2D eigenvalue weighted by Gasteiger charge is 2.20. The number of imidazole rings is 1. The number of anilines is 1. The van der Waals surface area contributed by atoms with E-state index in [2.05, 4.69) is 24.9 Å². The first-order valence-corrected chi connectivity index (χ1v) is 7.39. The molecule has 1 aliphatic heterocycles. The van der Waals surface area contributed by atoms with Crippen molar-refractivity contribution in [1.82, 2.24) is 19.8 Å². The van der Waals surface area contributed by atoms with Gasteiger partial charge in [-0.15, -0.1) is 0 Å². The van der Waals surface area contributed by atoms with Gasteiger partial charge in [0.05, 0.1) is 18.1 Å². The molecule has 1 aromatic carbocycles. The van der Waals surface area contributed by atoms with Crippen LogP contribution in [0.15, 0.2) is 18.2 Å². The monoisotopic (exact) mass is 317 g/mol. The van der Waals surface area contributed by atoms with Crippen LogP contribution in [0.1, 0.15) is 10.4 Å². The first-order valence-electron chi connectivity index (χ1n) is 7.39. The van der Waals surface area contributed by atoms with Crippen LogP contribution in [0.5, 0.6) is 0 Å². The topological polar surface area (TPSA) is 90.6 Å². The number of nitrogens with zero attached hydrogens (tertiary/aromatic N) is 3. The number of hydrogen-bond acceptors (Lipinski definition) is 5. The van der Waals surface area contributed by atoms with Gasteiger partial charge in [-0.25, -0.2) is 9.78 Å². The van der Waals surface area contributed by atoms with Gasteiger partial charge in [0, 0.05) is 31.7 Å². The molecule has 8 heteroatoms. The van der Waals surface area contributed by atoms with E-state index in [1.807, 2.05) is 11.9 Å². The number of piperazine rings is 1. The van der Waals surface area contributed by atoms with Crippen molar-refractivity contribution in [2.75, 3.05) is 45.7 Å². The van der Waals surface area contributed by atoms with Crippen molar-refractivity contribution in [2.45, 2.75) is 0 Å². The Balaban J connectivity index is 1.79. The Bertz CT molecular complexity index is 734. The van der Waals surface area contributed by atoms with Gasteiger partial charge in [0.1, 0.15) is 0 Å². The van der Waals surface area contributed by atoms with Crippen LogP contribution in [0, 0.1) is 0 Å². The minimum Gasteiger partial charge on any atom is -0.453 e. The summed E-state index contributed by atoms with van der Waals surface area (Å²) in [4.78, 5) is 35.0. The van der Waals surface area contributed by atoms with E-state index in [9.17, 15) is 9.59 Å². The third kappa shape index (κ3) is 3.26. The molecule has 0 saturated carbocycles. The molecule has 1 saturated heterocycles. The molecule has 2 heterocycles. The lowest BCUT2D eigenvalue weighted by molar-refractivity contribution is 0.0664. The van der Waals surface area contributed by atoms with Crippen LogP contribution >= 0.6 is 0 Å². The van der Waals surface area contributed by atoms with Gasteiger partial charge < -0.3 is 19.5 Å². The second kappa shape index (κ2) is 6.25. The number of likely N-dealkylation sites (N-methyl/N-ethyl adjacent to an activating group) is 1. The normalized spacial score (nSPS) is 15.7. The third-order valence-corrected chi connectivity index (χ3v) is 3.93. The van der Waals surface area contributed by atoms with Crippen molar-refractivity contribution < 1.29 is 14.3 Å². The molecule has 0 atom stereocenters. The van der Waals surface area contributed by atoms with Gasteiger partial charge >= 0.3 is 6.09 Å². The lowest BCUT2D eigenvalue weighted by atomic mass is 10.1. The molecule has 8 nitrogen and oxygen atoms in total. The summed E-state index contributed by atoms with van der Waals surface area (Å²) < 4.78 is 4.53. The fourth-order valence-electron chi connectivity index (χ4n) is 2.54. The van der Waals surface area contributed by atoms with Crippen LogP contribution in [-0.2, 0) is 4.74 Å². The highest BCUT2D eigenvalue weighted by Crippen LogP contribution is 2.18. The number of hydrogen-bond donors (Lipinski definition) is 2. The molecule has 3 rings (SSSR count). The van der Waals surface area contributed by atoms with E-state index in [0.29, 0.717) is 16.6 Å². The number of nitrogens with one attached hydrogen (secondary N) is 2. The highest BCUT2D eigenvalue weighted by atomic mass is 16.5. The zero-order chi connectivity index (χ0) is 16.4. The Morgan fingerprint density at radius 3 is 2.70 bits per heavy atom. The SMILES string of the molecule is COC(=O)Nc1nc2ccc(C(=O)N3CCN(C)CC3)cc2[nH]1. The second-order valence-corrected chi connectivity index (χ2v) is 5.53. The fraction of sp³-hybridized carbons (Fsp3) is 0.400. The second-order valence-electron chi connectivity index (χ2n) is 5.53. The number of carbonyl (C=O) groups is 2. The number of aromatic amines is 1. The van der Waals surface area contributed by atoms with Crippen molar-refractivity contribution in [3.8, 4) is 0 Å². The minimum atomic E-state index is -0.599. The van der Waals surface area contributed by atoms with Crippen LogP contribution in [-0.4, -0.2) is 72.1 Å². The Labute approximate surface area is 133 Å². The number of amides is 2. The van der Waals surface area contributed by atoms with E-state index in [1.165, 1.54) is 7.11 Å². The van der Waals surface area contributed by atoms with E-state index >= 15 is 0 Å². The number of carbonyl (C=O) groups excluding carboxylic acids is 2.